The molecule has 0 saturated heterocycles. The van der Waals surface area contributed by atoms with Crippen LogP contribution in [-0.2, 0) is 6.42 Å². The Kier molecular flexibility index (Phi) is 5.16. The van der Waals surface area contributed by atoms with Gasteiger partial charge in [-0.25, -0.2) is 9.97 Å². The largest absolute Gasteiger partial charge is 0.364 e. The number of rotatable bonds is 5. The van der Waals surface area contributed by atoms with Crippen LogP contribution in [-0.4, -0.2) is 15.0 Å². The van der Waals surface area contributed by atoms with Crippen LogP contribution >= 0.6 is 0 Å². The van der Waals surface area contributed by atoms with Crippen molar-refractivity contribution in [3.8, 4) is 11.4 Å². The zero-order valence-corrected chi connectivity index (χ0v) is 15.6. The van der Waals surface area contributed by atoms with E-state index >= 15 is 0 Å². The van der Waals surface area contributed by atoms with Crippen LogP contribution in [0.2, 0.25) is 0 Å². The zero-order chi connectivity index (χ0) is 18.7. The van der Waals surface area contributed by atoms with Gasteiger partial charge in [0.2, 0.25) is 0 Å². The highest BCUT2D eigenvalue weighted by atomic mass is 16.1. The SMILES string of the molecule is CCc1cc(=O)[nH]c(-c2ccc(NC(C)c3cc(C)cc(C)c3)nc2)n1. The lowest BCUT2D eigenvalue weighted by Crippen LogP contribution is -2.10. The van der Waals surface area contributed by atoms with Gasteiger partial charge in [0.25, 0.3) is 5.56 Å². The average molecular weight is 348 g/mol. The molecule has 0 spiro atoms. The van der Waals surface area contributed by atoms with E-state index in [4.69, 9.17) is 0 Å². The number of hydrogen-bond acceptors (Lipinski definition) is 4. The molecule has 26 heavy (non-hydrogen) atoms. The zero-order valence-electron chi connectivity index (χ0n) is 15.6. The molecule has 3 rings (SSSR count). The first-order chi connectivity index (χ1) is 12.4. The van der Waals surface area contributed by atoms with Crippen molar-refractivity contribution in [1.82, 2.24) is 15.0 Å². The molecule has 0 bridgehead atoms. The second-order valence-corrected chi connectivity index (χ2v) is 6.66. The van der Waals surface area contributed by atoms with Crippen LogP contribution in [0.4, 0.5) is 5.82 Å². The lowest BCUT2D eigenvalue weighted by atomic mass is 10.0. The van der Waals surface area contributed by atoms with Crippen LogP contribution in [0.5, 0.6) is 0 Å². The minimum Gasteiger partial charge on any atom is -0.364 e. The summed E-state index contributed by atoms with van der Waals surface area (Å²) in [7, 11) is 0. The van der Waals surface area contributed by atoms with E-state index in [1.165, 1.54) is 22.8 Å². The molecule has 0 amide bonds. The predicted octanol–water partition coefficient (Wildman–Crippen LogP) is 4.18. The number of nitrogens with one attached hydrogen (secondary N) is 2. The lowest BCUT2D eigenvalue weighted by molar-refractivity contribution is 0.871. The van der Waals surface area contributed by atoms with E-state index in [2.05, 4.69) is 59.2 Å². The van der Waals surface area contributed by atoms with Gasteiger partial charge in [0.1, 0.15) is 11.6 Å². The van der Waals surface area contributed by atoms with E-state index < -0.39 is 0 Å². The molecule has 2 aromatic heterocycles. The van der Waals surface area contributed by atoms with Crippen LogP contribution < -0.4 is 10.9 Å². The topological polar surface area (TPSA) is 70.7 Å². The Morgan fingerprint density at radius 3 is 2.46 bits per heavy atom. The van der Waals surface area contributed by atoms with Crippen molar-refractivity contribution in [2.45, 2.75) is 40.2 Å². The number of anilines is 1. The summed E-state index contributed by atoms with van der Waals surface area (Å²) >= 11 is 0. The maximum atomic E-state index is 11.7. The lowest BCUT2D eigenvalue weighted by Gasteiger charge is -2.16. The summed E-state index contributed by atoms with van der Waals surface area (Å²) in [4.78, 5) is 23.5. The molecule has 1 atom stereocenters. The third kappa shape index (κ3) is 4.17. The number of aromatic nitrogens is 3. The Labute approximate surface area is 153 Å². The van der Waals surface area contributed by atoms with Gasteiger partial charge in [0.15, 0.2) is 0 Å². The Bertz CT molecular complexity index is 940. The third-order valence-corrected chi connectivity index (χ3v) is 4.30. The van der Waals surface area contributed by atoms with E-state index in [1.54, 1.807) is 6.20 Å². The molecular formula is C21H24N4O. The molecule has 2 heterocycles. The predicted molar refractivity (Wildman–Crippen MR) is 105 cm³/mol. The first kappa shape index (κ1) is 17.9. The highest BCUT2D eigenvalue weighted by Crippen LogP contribution is 2.22. The summed E-state index contributed by atoms with van der Waals surface area (Å²) in [6.07, 6.45) is 2.45. The molecule has 0 radical (unpaired) electrons. The Morgan fingerprint density at radius 1 is 1.12 bits per heavy atom. The van der Waals surface area contributed by atoms with Crippen LogP contribution in [0, 0.1) is 13.8 Å². The number of benzene rings is 1. The van der Waals surface area contributed by atoms with Gasteiger partial charge in [-0.15, -0.1) is 0 Å². The number of nitrogens with zero attached hydrogens (tertiary/aromatic N) is 2. The molecule has 3 aromatic rings. The number of aromatic amines is 1. The monoisotopic (exact) mass is 348 g/mol. The average Bonchev–Trinajstić information content (AvgIpc) is 2.61. The van der Waals surface area contributed by atoms with Gasteiger partial charge in [-0.2, -0.15) is 0 Å². The van der Waals surface area contributed by atoms with Crippen molar-refractivity contribution in [1.29, 1.82) is 0 Å². The van der Waals surface area contributed by atoms with Gasteiger partial charge < -0.3 is 10.3 Å². The van der Waals surface area contributed by atoms with Gasteiger partial charge in [0.05, 0.1) is 0 Å². The van der Waals surface area contributed by atoms with Gasteiger partial charge in [-0.1, -0.05) is 36.2 Å². The maximum Gasteiger partial charge on any atom is 0.251 e. The van der Waals surface area contributed by atoms with E-state index in [0.717, 1.165) is 23.5 Å². The second-order valence-electron chi connectivity index (χ2n) is 6.66. The fraction of sp³-hybridized carbons (Fsp3) is 0.286. The molecule has 0 aliphatic carbocycles. The van der Waals surface area contributed by atoms with Gasteiger partial charge >= 0.3 is 0 Å². The minimum atomic E-state index is -0.141. The highest BCUT2D eigenvalue weighted by molar-refractivity contribution is 5.56. The summed E-state index contributed by atoms with van der Waals surface area (Å²) in [5.74, 6) is 1.34. The van der Waals surface area contributed by atoms with E-state index in [9.17, 15) is 4.79 Å². The second kappa shape index (κ2) is 7.52. The summed E-state index contributed by atoms with van der Waals surface area (Å²) in [5, 5.41) is 3.42. The molecule has 134 valence electrons. The summed E-state index contributed by atoms with van der Waals surface area (Å²) in [6, 6.07) is 12.0. The Balaban J connectivity index is 1.79. The van der Waals surface area contributed by atoms with Gasteiger partial charge in [-0.05, 0) is 44.9 Å². The Morgan fingerprint density at radius 2 is 1.85 bits per heavy atom. The fourth-order valence-corrected chi connectivity index (χ4v) is 3.01. The number of pyridine rings is 1. The van der Waals surface area contributed by atoms with E-state index in [0.29, 0.717) is 5.82 Å². The van der Waals surface area contributed by atoms with Crippen molar-refractivity contribution in [2.75, 3.05) is 5.32 Å². The van der Waals surface area contributed by atoms with Gasteiger partial charge in [-0.3, -0.25) is 4.79 Å². The molecule has 0 aliphatic rings. The highest BCUT2D eigenvalue weighted by Gasteiger charge is 2.09. The number of H-pyrrole nitrogens is 1. The maximum absolute atomic E-state index is 11.7. The quantitative estimate of drug-likeness (QED) is 0.725. The van der Waals surface area contributed by atoms with E-state index in [1.807, 2.05) is 19.1 Å². The summed E-state index contributed by atoms with van der Waals surface area (Å²) in [6.45, 7) is 8.31. The summed E-state index contributed by atoms with van der Waals surface area (Å²) < 4.78 is 0. The van der Waals surface area contributed by atoms with Crippen LogP contribution in [0.1, 0.15) is 42.3 Å². The first-order valence-corrected chi connectivity index (χ1v) is 8.86. The first-order valence-electron chi connectivity index (χ1n) is 8.86. The standard InChI is InChI=1S/C21H24N4O/c1-5-18-11-20(26)25-21(24-18)16-6-7-19(22-12-16)23-15(4)17-9-13(2)8-14(3)10-17/h6-12,15H,5H2,1-4H3,(H,22,23)(H,24,25,26). The van der Waals surface area contributed by atoms with Crippen molar-refractivity contribution < 1.29 is 0 Å². The summed E-state index contributed by atoms with van der Waals surface area (Å²) in [5.41, 5.74) is 5.16. The molecule has 0 fully saturated rings. The van der Waals surface area contributed by atoms with Crippen LogP contribution in [0.25, 0.3) is 11.4 Å². The molecule has 5 nitrogen and oxygen atoms in total. The van der Waals surface area contributed by atoms with E-state index in [-0.39, 0.29) is 11.6 Å². The van der Waals surface area contributed by atoms with Crippen molar-refractivity contribution >= 4 is 5.82 Å². The van der Waals surface area contributed by atoms with Crippen LogP contribution in [0.3, 0.4) is 0 Å². The third-order valence-electron chi connectivity index (χ3n) is 4.30. The molecule has 0 aliphatic heterocycles. The van der Waals surface area contributed by atoms with Crippen molar-refractivity contribution in [3.05, 3.63) is 75.3 Å². The fourth-order valence-electron chi connectivity index (χ4n) is 3.01. The van der Waals surface area contributed by atoms with Crippen LogP contribution in [0.15, 0.2) is 47.4 Å². The molecular weight excluding hydrogens is 324 g/mol. The molecule has 1 unspecified atom stereocenters. The minimum absolute atomic E-state index is 0.141. The normalized spacial score (nSPS) is 12.0. The number of hydrogen-bond donors (Lipinski definition) is 2. The Hall–Kier alpha value is -2.95. The van der Waals surface area contributed by atoms with Gasteiger partial charge in [0, 0.05) is 29.6 Å². The van der Waals surface area contributed by atoms with Crippen molar-refractivity contribution in [3.63, 3.8) is 0 Å². The molecule has 5 heteroatoms. The smallest absolute Gasteiger partial charge is 0.251 e. The molecule has 0 saturated carbocycles. The van der Waals surface area contributed by atoms with Crippen molar-refractivity contribution in [2.24, 2.45) is 0 Å². The number of aryl methyl sites for hydroxylation is 3. The molecule has 2 N–H and O–H groups in total. The molecule has 1 aromatic carbocycles.